The Bertz CT molecular complexity index is 406. The van der Waals surface area contributed by atoms with Gasteiger partial charge in [-0.05, 0) is 32.0 Å². The Hall–Kier alpha value is -1.75. The number of hydrogen-bond donors (Lipinski definition) is 1. The molecule has 0 heterocycles. The standard InChI is InChI=1S/C13H19NO4/c1-4-17-13(15)11-7-10(14)5-6-12(11)18-8-9(2)16-3/h5-7,9H,4,8,14H2,1-3H3. The van der Waals surface area contributed by atoms with Gasteiger partial charge < -0.3 is 19.9 Å². The van der Waals surface area contributed by atoms with Crippen LogP contribution in [0.4, 0.5) is 5.69 Å². The van der Waals surface area contributed by atoms with Crippen molar-refractivity contribution in [1.29, 1.82) is 0 Å². The Labute approximate surface area is 107 Å². The Morgan fingerprint density at radius 2 is 2.17 bits per heavy atom. The number of rotatable bonds is 6. The van der Waals surface area contributed by atoms with Crippen LogP contribution in [0.1, 0.15) is 24.2 Å². The number of benzene rings is 1. The Kier molecular flexibility index (Phi) is 5.45. The van der Waals surface area contributed by atoms with E-state index in [4.69, 9.17) is 19.9 Å². The van der Waals surface area contributed by atoms with Crippen LogP contribution >= 0.6 is 0 Å². The maximum Gasteiger partial charge on any atom is 0.341 e. The maximum atomic E-state index is 11.7. The lowest BCUT2D eigenvalue weighted by Crippen LogP contribution is -2.17. The second-order valence-electron chi connectivity index (χ2n) is 3.83. The van der Waals surface area contributed by atoms with E-state index in [1.807, 2.05) is 6.92 Å². The lowest BCUT2D eigenvalue weighted by Gasteiger charge is -2.14. The molecule has 5 heteroatoms. The molecule has 1 aromatic rings. The molecule has 18 heavy (non-hydrogen) atoms. The number of esters is 1. The van der Waals surface area contributed by atoms with Gasteiger partial charge in [-0.25, -0.2) is 4.79 Å². The number of ether oxygens (including phenoxy) is 3. The number of carbonyl (C=O) groups excluding carboxylic acids is 1. The van der Waals surface area contributed by atoms with Crippen molar-refractivity contribution in [3.63, 3.8) is 0 Å². The highest BCUT2D eigenvalue weighted by atomic mass is 16.5. The lowest BCUT2D eigenvalue weighted by molar-refractivity contribution is 0.0507. The van der Waals surface area contributed by atoms with E-state index in [0.29, 0.717) is 30.2 Å². The van der Waals surface area contributed by atoms with Crippen LogP contribution in [-0.2, 0) is 9.47 Å². The molecule has 0 spiro atoms. The molecule has 1 atom stereocenters. The molecule has 1 rings (SSSR count). The van der Waals surface area contributed by atoms with Gasteiger partial charge in [0.15, 0.2) is 0 Å². The van der Waals surface area contributed by atoms with Crippen LogP contribution in [0.15, 0.2) is 18.2 Å². The number of methoxy groups -OCH3 is 1. The molecule has 0 aliphatic rings. The predicted molar refractivity (Wildman–Crippen MR) is 68.8 cm³/mol. The molecule has 0 saturated carbocycles. The summed E-state index contributed by atoms with van der Waals surface area (Å²) in [6.07, 6.45) is -0.0578. The molecule has 1 unspecified atom stereocenters. The minimum Gasteiger partial charge on any atom is -0.490 e. The number of nitrogen functional groups attached to an aromatic ring is 1. The van der Waals surface area contributed by atoms with Gasteiger partial charge in [0.2, 0.25) is 0 Å². The van der Waals surface area contributed by atoms with Gasteiger partial charge in [-0.2, -0.15) is 0 Å². The largest absolute Gasteiger partial charge is 0.490 e. The van der Waals surface area contributed by atoms with Gasteiger partial charge in [-0.1, -0.05) is 0 Å². The Morgan fingerprint density at radius 3 is 2.78 bits per heavy atom. The summed E-state index contributed by atoms with van der Waals surface area (Å²) in [5.41, 5.74) is 6.48. The van der Waals surface area contributed by atoms with Crippen molar-refractivity contribution in [2.75, 3.05) is 26.1 Å². The zero-order valence-corrected chi connectivity index (χ0v) is 10.9. The first-order chi connectivity index (χ1) is 8.58. The number of carbonyl (C=O) groups is 1. The molecule has 0 saturated heterocycles. The summed E-state index contributed by atoms with van der Waals surface area (Å²) in [5, 5.41) is 0. The molecule has 0 radical (unpaired) electrons. The minimum atomic E-state index is -0.440. The molecule has 5 nitrogen and oxygen atoms in total. The van der Waals surface area contributed by atoms with Crippen molar-refractivity contribution < 1.29 is 19.0 Å². The molecule has 0 aromatic heterocycles. The highest BCUT2D eigenvalue weighted by Crippen LogP contribution is 2.22. The summed E-state index contributed by atoms with van der Waals surface area (Å²) < 4.78 is 15.6. The second-order valence-corrected chi connectivity index (χ2v) is 3.83. The van der Waals surface area contributed by atoms with Crippen molar-refractivity contribution in [1.82, 2.24) is 0 Å². The van der Waals surface area contributed by atoms with Crippen LogP contribution in [0.25, 0.3) is 0 Å². The fourth-order valence-electron chi connectivity index (χ4n) is 1.32. The van der Waals surface area contributed by atoms with Gasteiger partial charge in [-0.15, -0.1) is 0 Å². The molecule has 0 bridgehead atoms. The lowest BCUT2D eigenvalue weighted by atomic mass is 10.2. The third-order valence-corrected chi connectivity index (χ3v) is 2.37. The van der Waals surface area contributed by atoms with Crippen molar-refractivity contribution in [2.24, 2.45) is 0 Å². The molecule has 2 N–H and O–H groups in total. The van der Waals surface area contributed by atoms with Crippen LogP contribution in [-0.4, -0.2) is 32.4 Å². The van der Waals surface area contributed by atoms with Gasteiger partial charge in [0.25, 0.3) is 0 Å². The first-order valence-electron chi connectivity index (χ1n) is 5.80. The fraction of sp³-hybridized carbons (Fsp3) is 0.462. The van der Waals surface area contributed by atoms with E-state index < -0.39 is 5.97 Å². The van der Waals surface area contributed by atoms with Crippen molar-refractivity contribution >= 4 is 11.7 Å². The summed E-state index contributed by atoms with van der Waals surface area (Å²) >= 11 is 0. The third-order valence-electron chi connectivity index (χ3n) is 2.37. The monoisotopic (exact) mass is 253 g/mol. The molecular formula is C13H19NO4. The highest BCUT2D eigenvalue weighted by molar-refractivity contribution is 5.93. The van der Waals surface area contributed by atoms with Crippen LogP contribution < -0.4 is 10.5 Å². The topological polar surface area (TPSA) is 70.8 Å². The zero-order valence-electron chi connectivity index (χ0n) is 10.9. The second kappa shape index (κ2) is 6.86. The highest BCUT2D eigenvalue weighted by Gasteiger charge is 2.15. The van der Waals surface area contributed by atoms with Gasteiger partial charge in [-0.3, -0.25) is 0 Å². The molecule has 1 aromatic carbocycles. The minimum absolute atomic E-state index is 0.0578. The van der Waals surface area contributed by atoms with Gasteiger partial charge in [0.05, 0.1) is 12.7 Å². The van der Waals surface area contributed by atoms with E-state index >= 15 is 0 Å². The average Bonchev–Trinajstić information content (AvgIpc) is 2.37. The SMILES string of the molecule is CCOC(=O)c1cc(N)ccc1OCC(C)OC. The van der Waals surface area contributed by atoms with Crippen molar-refractivity contribution in [2.45, 2.75) is 20.0 Å². The first-order valence-corrected chi connectivity index (χ1v) is 5.80. The van der Waals surface area contributed by atoms with Gasteiger partial charge in [0, 0.05) is 12.8 Å². The maximum absolute atomic E-state index is 11.7. The predicted octanol–water partition coefficient (Wildman–Crippen LogP) is 1.86. The smallest absolute Gasteiger partial charge is 0.341 e. The summed E-state index contributed by atoms with van der Waals surface area (Å²) in [4.78, 5) is 11.7. The van der Waals surface area contributed by atoms with E-state index in [0.717, 1.165) is 0 Å². The van der Waals surface area contributed by atoms with Crippen molar-refractivity contribution in [3.05, 3.63) is 23.8 Å². The fourth-order valence-corrected chi connectivity index (χ4v) is 1.32. The Morgan fingerprint density at radius 1 is 1.44 bits per heavy atom. The summed E-state index contributed by atoms with van der Waals surface area (Å²) in [6.45, 7) is 4.29. The van der Waals surface area contributed by atoms with E-state index in [1.165, 1.54) is 0 Å². The van der Waals surface area contributed by atoms with Crippen LogP contribution in [0.3, 0.4) is 0 Å². The van der Waals surface area contributed by atoms with Gasteiger partial charge >= 0.3 is 5.97 Å². The molecule has 100 valence electrons. The summed E-state index contributed by atoms with van der Waals surface area (Å²) in [7, 11) is 1.60. The van der Waals surface area contributed by atoms with Crippen LogP contribution in [0, 0.1) is 0 Å². The molecule has 0 fully saturated rings. The van der Waals surface area contributed by atoms with Crippen molar-refractivity contribution in [3.8, 4) is 5.75 Å². The molecule has 0 aliphatic carbocycles. The summed E-state index contributed by atoms with van der Waals surface area (Å²) in [6, 6.07) is 4.88. The van der Waals surface area contributed by atoms with E-state index in [2.05, 4.69) is 0 Å². The Balaban J connectivity index is 2.86. The average molecular weight is 253 g/mol. The first kappa shape index (κ1) is 14.3. The summed E-state index contributed by atoms with van der Waals surface area (Å²) in [5.74, 6) is 0.0106. The van der Waals surface area contributed by atoms with E-state index in [9.17, 15) is 4.79 Å². The number of nitrogens with two attached hydrogens (primary N) is 1. The van der Waals surface area contributed by atoms with Gasteiger partial charge in [0.1, 0.15) is 17.9 Å². The number of anilines is 1. The molecular weight excluding hydrogens is 234 g/mol. The van der Waals surface area contributed by atoms with Crippen LogP contribution in [0.5, 0.6) is 5.75 Å². The number of hydrogen-bond acceptors (Lipinski definition) is 5. The van der Waals surface area contributed by atoms with E-state index in [1.54, 1.807) is 32.2 Å². The molecule has 0 amide bonds. The zero-order chi connectivity index (χ0) is 13.5. The third kappa shape index (κ3) is 3.92. The molecule has 0 aliphatic heterocycles. The quantitative estimate of drug-likeness (QED) is 0.619. The normalized spacial score (nSPS) is 11.9. The van der Waals surface area contributed by atoms with E-state index in [-0.39, 0.29) is 6.10 Å². The van der Waals surface area contributed by atoms with Crippen LogP contribution in [0.2, 0.25) is 0 Å².